The Kier molecular flexibility index (Phi) is 4.20. The van der Waals surface area contributed by atoms with Crippen LogP contribution in [0.4, 0.5) is 15.8 Å². The molecule has 8 nitrogen and oxygen atoms in total. The molecule has 0 amide bonds. The van der Waals surface area contributed by atoms with E-state index < -0.39 is 31.3 Å². The summed E-state index contributed by atoms with van der Waals surface area (Å²) in [6.45, 7) is 1.71. The van der Waals surface area contributed by atoms with Crippen LogP contribution >= 0.6 is 0 Å². The Bertz CT molecular complexity index is 1150. The van der Waals surface area contributed by atoms with E-state index in [9.17, 15) is 28.0 Å². The number of nitrogens with zero attached hydrogens (tertiary/aromatic N) is 2. The van der Waals surface area contributed by atoms with Crippen LogP contribution in [0.15, 0.2) is 47.4 Å². The van der Waals surface area contributed by atoms with Gasteiger partial charge in [-0.15, -0.1) is 0 Å². The molecule has 0 spiro atoms. The molecule has 26 heavy (non-hydrogen) atoms. The zero-order valence-corrected chi connectivity index (χ0v) is 14.1. The molecule has 1 heterocycles. The van der Waals surface area contributed by atoms with Crippen molar-refractivity contribution >= 4 is 32.3 Å². The first-order chi connectivity index (χ1) is 12.2. The molecule has 0 aliphatic heterocycles. The summed E-state index contributed by atoms with van der Waals surface area (Å²) in [4.78, 5) is 13.1. The molecule has 0 fully saturated rings. The number of rotatable bonds is 4. The number of sulfonamides is 1. The molecular weight excluding hydrogens is 365 g/mol. The summed E-state index contributed by atoms with van der Waals surface area (Å²) >= 11 is 0. The highest BCUT2D eigenvalue weighted by Crippen LogP contribution is 2.27. The molecule has 2 N–H and O–H groups in total. The Balaban J connectivity index is 2.04. The average molecular weight is 377 g/mol. The van der Waals surface area contributed by atoms with Gasteiger partial charge in [0, 0.05) is 29.3 Å². The summed E-state index contributed by atoms with van der Waals surface area (Å²) in [7, 11) is -4.39. The molecule has 3 rings (SSSR count). The number of nitrogens with one attached hydrogen (secondary N) is 1. The average Bonchev–Trinajstić information content (AvgIpc) is 2.55. The van der Waals surface area contributed by atoms with E-state index in [4.69, 9.17) is 0 Å². The number of pyridine rings is 1. The van der Waals surface area contributed by atoms with Gasteiger partial charge in [-0.3, -0.25) is 14.8 Å². The molecule has 0 aliphatic carbocycles. The number of hydrogen-bond donors (Lipinski definition) is 2. The number of benzene rings is 2. The molecule has 0 radical (unpaired) electrons. The number of aryl methyl sites for hydroxylation is 1. The highest BCUT2D eigenvalue weighted by molar-refractivity contribution is 7.92. The van der Waals surface area contributed by atoms with Gasteiger partial charge in [0.25, 0.3) is 15.7 Å². The van der Waals surface area contributed by atoms with Crippen LogP contribution in [-0.2, 0) is 10.0 Å². The van der Waals surface area contributed by atoms with E-state index in [0.29, 0.717) is 22.5 Å². The molecule has 2 aromatic carbocycles. The fourth-order valence-corrected chi connectivity index (χ4v) is 3.61. The minimum Gasteiger partial charge on any atom is -0.493 e. The molecule has 0 atom stereocenters. The summed E-state index contributed by atoms with van der Waals surface area (Å²) in [5, 5.41) is 20.9. The number of aromatic nitrogens is 1. The number of anilines is 1. The summed E-state index contributed by atoms with van der Waals surface area (Å²) < 4.78 is 41.0. The summed E-state index contributed by atoms with van der Waals surface area (Å²) in [6.07, 6.45) is 0. The van der Waals surface area contributed by atoms with Gasteiger partial charge in [0.1, 0.15) is 10.7 Å². The van der Waals surface area contributed by atoms with E-state index in [2.05, 4.69) is 9.71 Å². The fourth-order valence-electron chi connectivity index (χ4n) is 2.46. The van der Waals surface area contributed by atoms with Gasteiger partial charge in [-0.1, -0.05) is 0 Å². The van der Waals surface area contributed by atoms with E-state index in [1.54, 1.807) is 6.92 Å². The van der Waals surface area contributed by atoms with Crippen molar-refractivity contribution in [3.8, 4) is 5.88 Å². The summed E-state index contributed by atoms with van der Waals surface area (Å²) in [5.74, 6) is -1.27. The number of halogens is 1. The standard InChI is InChI=1S/C16H12FN3O5S/c1-9-6-16(21)18-14-5-2-10(7-12(9)14)19-26(24,25)15-8-11(20(22)23)3-4-13(15)17/h2-8,19H,1H3,(H,18,21). The van der Waals surface area contributed by atoms with Crippen molar-refractivity contribution in [2.45, 2.75) is 11.8 Å². The molecule has 0 saturated heterocycles. The van der Waals surface area contributed by atoms with Gasteiger partial charge in [-0.05, 0) is 36.8 Å². The lowest BCUT2D eigenvalue weighted by atomic mass is 10.1. The first-order valence-electron chi connectivity index (χ1n) is 7.24. The number of nitro benzene ring substituents is 1. The number of non-ortho nitro benzene ring substituents is 1. The van der Waals surface area contributed by atoms with Gasteiger partial charge in [0.2, 0.25) is 5.88 Å². The van der Waals surface area contributed by atoms with Gasteiger partial charge >= 0.3 is 0 Å². The molecule has 10 heteroatoms. The third-order valence-electron chi connectivity index (χ3n) is 3.67. The number of aromatic hydroxyl groups is 1. The molecular formula is C16H12FN3O5S. The van der Waals surface area contributed by atoms with Crippen LogP contribution in [-0.4, -0.2) is 23.4 Å². The first-order valence-corrected chi connectivity index (χ1v) is 8.73. The van der Waals surface area contributed by atoms with Crippen LogP contribution in [0.25, 0.3) is 10.9 Å². The normalized spacial score (nSPS) is 11.5. The fraction of sp³-hybridized carbons (Fsp3) is 0.0625. The highest BCUT2D eigenvalue weighted by atomic mass is 32.2. The monoisotopic (exact) mass is 377 g/mol. The van der Waals surface area contributed by atoms with Gasteiger partial charge in [0.05, 0.1) is 10.4 Å². The third kappa shape index (κ3) is 3.26. The predicted molar refractivity (Wildman–Crippen MR) is 92.0 cm³/mol. The lowest BCUT2D eigenvalue weighted by Crippen LogP contribution is -2.15. The Morgan fingerprint density at radius 1 is 1.19 bits per heavy atom. The zero-order chi connectivity index (χ0) is 19.1. The lowest BCUT2D eigenvalue weighted by molar-refractivity contribution is -0.385. The molecule has 1 aromatic heterocycles. The molecule has 134 valence electrons. The Morgan fingerprint density at radius 3 is 2.62 bits per heavy atom. The second-order valence-electron chi connectivity index (χ2n) is 5.51. The minimum absolute atomic E-state index is 0.124. The molecule has 0 saturated carbocycles. The quantitative estimate of drug-likeness (QED) is 0.532. The SMILES string of the molecule is Cc1cc(O)nc2ccc(NS(=O)(=O)c3cc([N+](=O)[O-])ccc3F)cc12. The van der Waals surface area contributed by atoms with Crippen LogP contribution in [0, 0.1) is 22.9 Å². The smallest absolute Gasteiger partial charge is 0.271 e. The number of hydrogen-bond acceptors (Lipinski definition) is 6. The van der Waals surface area contributed by atoms with Gasteiger partial charge in [-0.2, -0.15) is 0 Å². The molecule has 0 bridgehead atoms. The van der Waals surface area contributed by atoms with E-state index in [-0.39, 0.29) is 11.6 Å². The molecule has 0 aliphatic rings. The van der Waals surface area contributed by atoms with Crippen molar-refractivity contribution in [2.75, 3.05) is 4.72 Å². The van der Waals surface area contributed by atoms with Crippen LogP contribution in [0.3, 0.4) is 0 Å². The van der Waals surface area contributed by atoms with Crippen LogP contribution < -0.4 is 4.72 Å². The zero-order valence-electron chi connectivity index (χ0n) is 13.3. The second-order valence-corrected chi connectivity index (χ2v) is 7.16. The van der Waals surface area contributed by atoms with E-state index in [1.807, 2.05) is 0 Å². The number of fused-ring (bicyclic) bond motifs is 1. The highest BCUT2D eigenvalue weighted by Gasteiger charge is 2.23. The van der Waals surface area contributed by atoms with Crippen molar-refractivity contribution in [1.82, 2.24) is 4.98 Å². The van der Waals surface area contributed by atoms with Crippen molar-refractivity contribution < 1.29 is 22.8 Å². The Morgan fingerprint density at radius 2 is 1.92 bits per heavy atom. The molecule has 0 unspecified atom stereocenters. The summed E-state index contributed by atoms with van der Waals surface area (Å²) in [6, 6.07) is 8.04. The first kappa shape index (κ1) is 17.5. The van der Waals surface area contributed by atoms with Crippen molar-refractivity contribution in [3.05, 3.63) is 64.0 Å². The Labute approximate surface area is 147 Å². The van der Waals surface area contributed by atoms with Crippen LogP contribution in [0.5, 0.6) is 5.88 Å². The van der Waals surface area contributed by atoms with E-state index in [0.717, 1.165) is 12.1 Å². The van der Waals surface area contributed by atoms with E-state index >= 15 is 0 Å². The maximum atomic E-state index is 13.9. The lowest BCUT2D eigenvalue weighted by Gasteiger charge is -2.10. The summed E-state index contributed by atoms with van der Waals surface area (Å²) in [5.41, 5.74) is 0.696. The maximum absolute atomic E-state index is 13.9. The maximum Gasteiger partial charge on any atom is 0.271 e. The van der Waals surface area contributed by atoms with Gasteiger partial charge < -0.3 is 5.11 Å². The van der Waals surface area contributed by atoms with E-state index in [1.165, 1.54) is 24.3 Å². The van der Waals surface area contributed by atoms with Gasteiger partial charge in [0.15, 0.2) is 0 Å². The largest absolute Gasteiger partial charge is 0.493 e. The van der Waals surface area contributed by atoms with Crippen molar-refractivity contribution in [1.29, 1.82) is 0 Å². The topological polar surface area (TPSA) is 122 Å². The second kappa shape index (κ2) is 6.23. The number of nitro groups is 1. The predicted octanol–water partition coefficient (Wildman–Crippen LogP) is 3.10. The third-order valence-corrected chi connectivity index (χ3v) is 5.07. The molecule has 3 aromatic rings. The minimum atomic E-state index is -4.39. The Hall–Kier alpha value is -3.27. The van der Waals surface area contributed by atoms with Crippen molar-refractivity contribution in [2.24, 2.45) is 0 Å². The van der Waals surface area contributed by atoms with Crippen molar-refractivity contribution in [3.63, 3.8) is 0 Å². The van der Waals surface area contributed by atoms with Gasteiger partial charge in [-0.25, -0.2) is 17.8 Å². The van der Waals surface area contributed by atoms with Crippen LogP contribution in [0.2, 0.25) is 0 Å². The van der Waals surface area contributed by atoms with Crippen LogP contribution in [0.1, 0.15) is 5.56 Å².